The molecule has 9 nitrogen and oxygen atoms in total. The van der Waals surface area contributed by atoms with Crippen LogP contribution in [-0.4, -0.2) is 43.7 Å². The van der Waals surface area contributed by atoms with Crippen LogP contribution >= 0.6 is 0 Å². The summed E-state index contributed by atoms with van der Waals surface area (Å²) in [5, 5.41) is 22.0. The largest absolute Gasteiger partial charge is 0.497 e. The number of aliphatic carboxylic acids is 2. The average Bonchev–Trinajstić information content (AvgIpc) is 2.74. The minimum atomic E-state index is -3.89. The van der Waals surface area contributed by atoms with Gasteiger partial charge >= 0.3 is 11.9 Å². The number of benzene rings is 3. The van der Waals surface area contributed by atoms with Gasteiger partial charge in [0.1, 0.15) is 11.8 Å². The molecule has 0 radical (unpaired) electrons. The third kappa shape index (κ3) is 5.04. The van der Waals surface area contributed by atoms with Gasteiger partial charge in [-0.25, -0.2) is 13.2 Å². The maximum Gasteiger partial charge on any atom is 0.326 e. The molecule has 4 N–H and O–H groups in total. The van der Waals surface area contributed by atoms with Crippen molar-refractivity contribution < 1.29 is 33.0 Å². The molecule has 162 valence electrons. The van der Waals surface area contributed by atoms with Gasteiger partial charge in [-0.05, 0) is 36.4 Å². The molecule has 0 fully saturated rings. The molecule has 3 aromatic rings. The van der Waals surface area contributed by atoms with Crippen molar-refractivity contribution in [3.05, 3.63) is 60.7 Å². The highest BCUT2D eigenvalue weighted by Crippen LogP contribution is 2.32. The van der Waals surface area contributed by atoms with Gasteiger partial charge in [0.2, 0.25) is 0 Å². The summed E-state index contributed by atoms with van der Waals surface area (Å²) in [5.74, 6) is -2.04. The van der Waals surface area contributed by atoms with Gasteiger partial charge in [-0.3, -0.25) is 9.52 Å². The number of nitrogens with one attached hydrogen (secondary N) is 2. The first kappa shape index (κ1) is 21.9. The topological polar surface area (TPSA) is 142 Å². The molecule has 3 aromatic carbocycles. The summed E-state index contributed by atoms with van der Waals surface area (Å²) in [5.41, 5.74) is 0.665. The Morgan fingerprint density at radius 2 is 1.52 bits per heavy atom. The van der Waals surface area contributed by atoms with Crippen molar-refractivity contribution in [1.29, 1.82) is 0 Å². The zero-order chi connectivity index (χ0) is 22.6. The third-order valence-electron chi connectivity index (χ3n) is 4.54. The molecule has 1 atom stereocenters. The highest BCUT2D eigenvalue weighted by molar-refractivity contribution is 7.92. The van der Waals surface area contributed by atoms with Crippen LogP contribution in [0.4, 0.5) is 11.4 Å². The van der Waals surface area contributed by atoms with Crippen molar-refractivity contribution >= 4 is 44.1 Å². The smallest absolute Gasteiger partial charge is 0.326 e. The summed E-state index contributed by atoms with van der Waals surface area (Å²) in [6, 6.07) is 14.3. The predicted molar refractivity (Wildman–Crippen MR) is 115 cm³/mol. The third-order valence-corrected chi connectivity index (χ3v) is 5.93. The van der Waals surface area contributed by atoms with E-state index in [4.69, 9.17) is 9.84 Å². The molecule has 0 aliphatic carbocycles. The monoisotopic (exact) mass is 444 g/mol. The van der Waals surface area contributed by atoms with Crippen LogP contribution in [0.1, 0.15) is 6.42 Å². The lowest BCUT2D eigenvalue weighted by atomic mass is 10.1. The maximum absolute atomic E-state index is 12.8. The molecule has 0 spiro atoms. The minimum Gasteiger partial charge on any atom is -0.497 e. The quantitative estimate of drug-likeness (QED) is 0.395. The van der Waals surface area contributed by atoms with Gasteiger partial charge in [0.15, 0.2) is 0 Å². The highest BCUT2D eigenvalue weighted by Gasteiger charge is 2.22. The molecule has 10 heteroatoms. The van der Waals surface area contributed by atoms with Crippen molar-refractivity contribution in [2.24, 2.45) is 0 Å². The van der Waals surface area contributed by atoms with Crippen molar-refractivity contribution in [3.63, 3.8) is 0 Å². The molecular weight excluding hydrogens is 424 g/mol. The second-order valence-electron chi connectivity index (χ2n) is 6.62. The summed E-state index contributed by atoms with van der Waals surface area (Å²) in [6.45, 7) is 0. The molecule has 0 amide bonds. The standard InChI is InChI=1S/C21H20N2O7S/c1-30-13-6-8-14(9-7-13)31(28,29)23-18-11-10-17(15-4-2-3-5-16(15)18)22-19(21(26)27)12-20(24)25/h2-11,19,22-23H,12H2,1H3,(H,24,25)(H,26,27)/t19-/m0/s1. The van der Waals surface area contributed by atoms with Gasteiger partial charge in [-0.15, -0.1) is 0 Å². The number of carboxylic acid groups (broad SMARTS) is 2. The van der Waals surface area contributed by atoms with Gasteiger partial charge in [0.25, 0.3) is 10.0 Å². The van der Waals surface area contributed by atoms with E-state index in [1.165, 1.54) is 43.5 Å². The molecular formula is C21H20N2O7S. The van der Waals surface area contributed by atoms with E-state index >= 15 is 0 Å². The Morgan fingerprint density at radius 1 is 0.935 bits per heavy atom. The fourth-order valence-electron chi connectivity index (χ4n) is 3.03. The molecule has 0 saturated heterocycles. The lowest BCUT2D eigenvalue weighted by molar-refractivity contribution is -0.144. The molecule has 0 unspecified atom stereocenters. The van der Waals surface area contributed by atoms with Crippen LogP contribution in [0.3, 0.4) is 0 Å². The Labute approximate surface area is 178 Å². The number of anilines is 2. The van der Waals surface area contributed by atoms with Crippen LogP contribution in [0.25, 0.3) is 10.8 Å². The first-order valence-corrected chi connectivity index (χ1v) is 10.6. The molecule has 0 aromatic heterocycles. The van der Waals surface area contributed by atoms with Crippen LogP contribution < -0.4 is 14.8 Å². The summed E-state index contributed by atoms with van der Waals surface area (Å²) < 4.78 is 33.2. The van der Waals surface area contributed by atoms with Crippen molar-refractivity contribution in [1.82, 2.24) is 0 Å². The minimum absolute atomic E-state index is 0.0481. The van der Waals surface area contributed by atoms with Crippen molar-refractivity contribution in [2.75, 3.05) is 17.1 Å². The number of hydrogen-bond donors (Lipinski definition) is 4. The lowest BCUT2D eigenvalue weighted by Crippen LogP contribution is -2.31. The Morgan fingerprint density at radius 3 is 2.06 bits per heavy atom. The molecule has 3 rings (SSSR count). The Balaban J connectivity index is 1.97. The van der Waals surface area contributed by atoms with E-state index in [1.807, 2.05) is 0 Å². The van der Waals surface area contributed by atoms with Crippen LogP contribution in [-0.2, 0) is 19.6 Å². The predicted octanol–water partition coefficient (Wildman–Crippen LogP) is 2.99. The van der Waals surface area contributed by atoms with Crippen LogP contribution in [0, 0.1) is 0 Å². The fourth-order valence-corrected chi connectivity index (χ4v) is 4.11. The number of hydrogen-bond acceptors (Lipinski definition) is 6. The molecule has 0 saturated carbocycles. The number of rotatable bonds is 9. The lowest BCUT2D eigenvalue weighted by Gasteiger charge is -2.18. The first-order chi connectivity index (χ1) is 14.7. The van der Waals surface area contributed by atoms with Crippen LogP contribution in [0.5, 0.6) is 5.75 Å². The molecule has 0 aliphatic rings. The number of carboxylic acids is 2. The number of sulfonamides is 1. The summed E-state index contributed by atoms with van der Waals surface area (Å²) in [4.78, 5) is 22.4. The second-order valence-corrected chi connectivity index (χ2v) is 8.30. The first-order valence-electron chi connectivity index (χ1n) is 9.11. The normalized spacial score (nSPS) is 12.2. The molecule has 31 heavy (non-hydrogen) atoms. The Bertz CT molecular complexity index is 1220. The summed E-state index contributed by atoms with van der Waals surface area (Å²) >= 11 is 0. The maximum atomic E-state index is 12.8. The average molecular weight is 444 g/mol. The zero-order valence-electron chi connectivity index (χ0n) is 16.4. The van der Waals surface area contributed by atoms with E-state index in [1.54, 1.807) is 24.3 Å². The highest BCUT2D eigenvalue weighted by atomic mass is 32.2. The van der Waals surface area contributed by atoms with E-state index < -0.39 is 34.4 Å². The van der Waals surface area contributed by atoms with Crippen LogP contribution in [0.2, 0.25) is 0 Å². The molecule has 0 bridgehead atoms. The number of methoxy groups -OCH3 is 1. The van der Waals surface area contributed by atoms with E-state index in [-0.39, 0.29) is 4.90 Å². The van der Waals surface area contributed by atoms with Gasteiger partial charge in [-0.1, -0.05) is 24.3 Å². The zero-order valence-corrected chi connectivity index (χ0v) is 17.2. The fraction of sp³-hybridized carbons (Fsp3) is 0.143. The van der Waals surface area contributed by atoms with E-state index in [9.17, 15) is 23.1 Å². The second kappa shape index (κ2) is 8.92. The van der Waals surface area contributed by atoms with E-state index in [2.05, 4.69) is 10.0 Å². The van der Waals surface area contributed by atoms with E-state index in [0.29, 0.717) is 27.9 Å². The number of fused-ring (bicyclic) bond motifs is 1. The van der Waals surface area contributed by atoms with Gasteiger partial charge < -0.3 is 20.3 Å². The van der Waals surface area contributed by atoms with E-state index in [0.717, 1.165) is 0 Å². The van der Waals surface area contributed by atoms with Crippen molar-refractivity contribution in [2.45, 2.75) is 17.4 Å². The Kier molecular flexibility index (Phi) is 6.30. The molecule has 0 aliphatic heterocycles. The SMILES string of the molecule is COc1ccc(S(=O)(=O)Nc2ccc(N[C@@H](CC(=O)O)C(=O)O)c3ccccc23)cc1. The number of ether oxygens (including phenoxy) is 1. The van der Waals surface area contributed by atoms with Gasteiger partial charge in [-0.2, -0.15) is 0 Å². The number of carbonyl (C=O) groups is 2. The van der Waals surface area contributed by atoms with Gasteiger partial charge in [0.05, 0.1) is 24.1 Å². The van der Waals surface area contributed by atoms with Gasteiger partial charge in [0, 0.05) is 16.5 Å². The molecule has 0 heterocycles. The van der Waals surface area contributed by atoms with Crippen LogP contribution in [0.15, 0.2) is 65.6 Å². The Hall–Kier alpha value is -3.79. The van der Waals surface area contributed by atoms with Crippen molar-refractivity contribution in [3.8, 4) is 5.75 Å². The summed E-state index contributed by atoms with van der Waals surface area (Å²) in [7, 11) is -2.41. The summed E-state index contributed by atoms with van der Waals surface area (Å²) in [6.07, 6.45) is -0.616.